The van der Waals surface area contributed by atoms with Crippen molar-refractivity contribution in [2.75, 3.05) is 40.8 Å². The van der Waals surface area contributed by atoms with Gasteiger partial charge in [-0.3, -0.25) is 0 Å². The second-order valence-electron chi connectivity index (χ2n) is 3.68. The highest BCUT2D eigenvalue weighted by Crippen LogP contribution is 2.14. The first kappa shape index (κ1) is 8.02. The highest BCUT2D eigenvalue weighted by Gasteiger charge is 2.19. The van der Waals surface area contributed by atoms with Gasteiger partial charge in [-0.05, 0) is 40.0 Å². The molecule has 1 saturated heterocycles. The van der Waals surface area contributed by atoms with E-state index in [1.165, 1.54) is 26.1 Å². The minimum Gasteiger partial charge on any atom is -0.309 e. The van der Waals surface area contributed by atoms with Crippen LogP contribution < -0.4 is 0 Å². The molecule has 1 atom stereocenters. The molecule has 1 aliphatic heterocycles. The SMILES string of the molecule is CN(C)C[C@@H]1CCN(C)C1. The molecular formula is C8H18N2. The second-order valence-corrected chi connectivity index (χ2v) is 3.68. The molecule has 0 aromatic rings. The van der Waals surface area contributed by atoms with Crippen molar-refractivity contribution < 1.29 is 0 Å². The van der Waals surface area contributed by atoms with Gasteiger partial charge in [0.15, 0.2) is 0 Å². The van der Waals surface area contributed by atoms with Crippen LogP contribution in [0.3, 0.4) is 0 Å². The fourth-order valence-electron chi connectivity index (χ4n) is 1.69. The molecule has 0 aromatic heterocycles. The summed E-state index contributed by atoms with van der Waals surface area (Å²) in [5.41, 5.74) is 0. The van der Waals surface area contributed by atoms with Crippen LogP contribution in [-0.4, -0.2) is 50.6 Å². The van der Waals surface area contributed by atoms with Crippen molar-refractivity contribution in [3.8, 4) is 0 Å². The van der Waals surface area contributed by atoms with E-state index in [1.54, 1.807) is 0 Å². The van der Waals surface area contributed by atoms with Crippen molar-refractivity contribution in [2.24, 2.45) is 5.92 Å². The molecular weight excluding hydrogens is 124 g/mol. The number of rotatable bonds is 2. The highest BCUT2D eigenvalue weighted by atomic mass is 15.1. The third-order valence-corrected chi connectivity index (χ3v) is 2.11. The van der Waals surface area contributed by atoms with Crippen molar-refractivity contribution in [3.63, 3.8) is 0 Å². The van der Waals surface area contributed by atoms with Gasteiger partial charge in [-0.25, -0.2) is 0 Å². The molecule has 2 nitrogen and oxygen atoms in total. The van der Waals surface area contributed by atoms with Crippen molar-refractivity contribution in [2.45, 2.75) is 6.42 Å². The predicted molar refractivity (Wildman–Crippen MR) is 44.2 cm³/mol. The maximum Gasteiger partial charge on any atom is 0.00193 e. The molecule has 0 N–H and O–H groups in total. The van der Waals surface area contributed by atoms with Crippen molar-refractivity contribution in [3.05, 3.63) is 0 Å². The van der Waals surface area contributed by atoms with E-state index in [0.717, 1.165) is 5.92 Å². The van der Waals surface area contributed by atoms with E-state index in [0.29, 0.717) is 0 Å². The second kappa shape index (κ2) is 3.35. The molecule has 1 heterocycles. The van der Waals surface area contributed by atoms with Crippen LogP contribution in [0.4, 0.5) is 0 Å². The largest absolute Gasteiger partial charge is 0.309 e. The standard InChI is InChI=1S/C8H18N2/c1-9(2)6-8-4-5-10(3)7-8/h8H,4-7H2,1-3H3/t8-/m0/s1. The van der Waals surface area contributed by atoms with Gasteiger partial charge in [-0.2, -0.15) is 0 Å². The maximum absolute atomic E-state index is 2.41. The van der Waals surface area contributed by atoms with Gasteiger partial charge in [-0.1, -0.05) is 0 Å². The van der Waals surface area contributed by atoms with E-state index >= 15 is 0 Å². The van der Waals surface area contributed by atoms with Crippen LogP contribution in [0, 0.1) is 5.92 Å². The monoisotopic (exact) mass is 142 g/mol. The third-order valence-electron chi connectivity index (χ3n) is 2.11. The zero-order valence-corrected chi connectivity index (χ0v) is 7.30. The molecule has 0 aliphatic carbocycles. The van der Waals surface area contributed by atoms with E-state index in [1.807, 2.05) is 0 Å². The van der Waals surface area contributed by atoms with Crippen LogP contribution in [-0.2, 0) is 0 Å². The summed E-state index contributed by atoms with van der Waals surface area (Å²) >= 11 is 0. The minimum atomic E-state index is 0.917. The van der Waals surface area contributed by atoms with E-state index in [4.69, 9.17) is 0 Å². The Morgan fingerprint density at radius 3 is 2.60 bits per heavy atom. The maximum atomic E-state index is 2.41. The Kier molecular flexibility index (Phi) is 2.69. The Morgan fingerprint density at radius 2 is 2.20 bits per heavy atom. The van der Waals surface area contributed by atoms with Gasteiger partial charge in [0, 0.05) is 13.1 Å². The Labute approximate surface area is 63.8 Å². The lowest BCUT2D eigenvalue weighted by Crippen LogP contribution is -2.23. The predicted octanol–water partition coefficient (Wildman–Crippen LogP) is 0.500. The average Bonchev–Trinajstić information content (AvgIpc) is 2.13. The molecule has 0 unspecified atom stereocenters. The smallest absolute Gasteiger partial charge is 0.00193 e. The molecule has 1 rings (SSSR count). The summed E-state index contributed by atoms with van der Waals surface area (Å²) < 4.78 is 0. The molecule has 60 valence electrons. The van der Waals surface area contributed by atoms with Crippen LogP contribution in [0.1, 0.15) is 6.42 Å². The molecule has 0 aromatic carbocycles. The van der Waals surface area contributed by atoms with Crippen LogP contribution in [0.25, 0.3) is 0 Å². The molecule has 0 amide bonds. The fraction of sp³-hybridized carbons (Fsp3) is 1.00. The molecule has 1 fully saturated rings. The van der Waals surface area contributed by atoms with E-state index in [9.17, 15) is 0 Å². The van der Waals surface area contributed by atoms with Gasteiger partial charge in [0.1, 0.15) is 0 Å². The average molecular weight is 142 g/mol. The lowest BCUT2D eigenvalue weighted by atomic mass is 10.1. The lowest BCUT2D eigenvalue weighted by Gasteiger charge is -2.15. The first-order valence-corrected chi connectivity index (χ1v) is 4.02. The molecule has 10 heavy (non-hydrogen) atoms. The van der Waals surface area contributed by atoms with Crippen molar-refractivity contribution >= 4 is 0 Å². The first-order chi connectivity index (χ1) is 4.68. The van der Waals surface area contributed by atoms with Gasteiger partial charge in [0.05, 0.1) is 0 Å². The summed E-state index contributed by atoms with van der Waals surface area (Å²) in [6.45, 7) is 3.83. The number of nitrogens with zero attached hydrogens (tertiary/aromatic N) is 2. The van der Waals surface area contributed by atoms with Crippen LogP contribution in [0.2, 0.25) is 0 Å². The number of hydrogen-bond acceptors (Lipinski definition) is 2. The van der Waals surface area contributed by atoms with Gasteiger partial charge in [-0.15, -0.1) is 0 Å². The summed E-state index contributed by atoms with van der Waals surface area (Å²) in [7, 11) is 6.51. The Hall–Kier alpha value is -0.0800. The van der Waals surface area contributed by atoms with E-state index < -0.39 is 0 Å². The molecule has 0 saturated carbocycles. The van der Waals surface area contributed by atoms with Gasteiger partial charge < -0.3 is 9.80 Å². The summed E-state index contributed by atoms with van der Waals surface area (Å²) in [4.78, 5) is 4.69. The van der Waals surface area contributed by atoms with Crippen LogP contribution in [0.15, 0.2) is 0 Å². The summed E-state index contributed by atoms with van der Waals surface area (Å²) in [5, 5.41) is 0. The number of likely N-dealkylation sites (tertiary alicyclic amines) is 1. The topological polar surface area (TPSA) is 6.48 Å². The minimum absolute atomic E-state index is 0.917. The van der Waals surface area contributed by atoms with Gasteiger partial charge >= 0.3 is 0 Å². The lowest BCUT2D eigenvalue weighted by molar-refractivity contribution is 0.316. The highest BCUT2D eigenvalue weighted by molar-refractivity contribution is 4.74. The summed E-state index contributed by atoms with van der Waals surface area (Å²) in [5.74, 6) is 0.917. The molecule has 2 heteroatoms. The van der Waals surface area contributed by atoms with Crippen LogP contribution >= 0.6 is 0 Å². The Balaban J connectivity index is 2.18. The van der Waals surface area contributed by atoms with Gasteiger partial charge in [0.2, 0.25) is 0 Å². The normalized spacial score (nSPS) is 28.2. The Bertz CT molecular complexity index is 101. The van der Waals surface area contributed by atoms with Crippen LogP contribution in [0.5, 0.6) is 0 Å². The van der Waals surface area contributed by atoms with E-state index in [2.05, 4.69) is 30.9 Å². The molecule has 0 radical (unpaired) electrons. The summed E-state index contributed by atoms with van der Waals surface area (Å²) in [6, 6.07) is 0. The number of hydrogen-bond donors (Lipinski definition) is 0. The fourth-order valence-corrected chi connectivity index (χ4v) is 1.69. The summed E-state index contributed by atoms with van der Waals surface area (Å²) in [6.07, 6.45) is 1.38. The molecule has 0 spiro atoms. The molecule has 1 aliphatic rings. The third kappa shape index (κ3) is 2.27. The zero-order valence-electron chi connectivity index (χ0n) is 7.30. The van der Waals surface area contributed by atoms with Gasteiger partial charge in [0.25, 0.3) is 0 Å². The first-order valence-electron chi connectivity index (χ1n) is 4.02. The Morgan fingerprint density at radius 1 is 1.50 bits per heavy atom. The zero-order chi connectivity index (χ0) is 7.56. The molecule has 0 bridgehead atoms. The van der Waals surface area contributed by atoms with Crippen molar-refractivity contribution in [1.82, 2.24) is 9.80 Å². The quantitative estimate of drug-likeness (QED) is 0.554. The van der Waals surface area contributed by atoms with Crippen molar-refractivity contribution in [1.29, 1.82) is 0 Å². The van der Waals surface area contributed by atoms with E-state index in [-0.39, 0.29) is 0 Å².